The lowest BCUT2D eigenvalue weighted by Gasteiger charge is -2.00. The molecule has 0 radical (unpaired) electrons. The Morgan fingerprint density at radius 3 is 2.65 bits per heavy atom. The quantitative estimate of drug-likeness (QED) is 0.694. The average Bonchev–Trinajstić information content (AvgIpc) is 2.83. The molecule has 1 N–H and O–H groups in total. The first-order valence-corrected chi connectivity index (χ1v) is 5.55. The van der Waals surface area contributed by atoms with E-state index in [2.05, 4.69) is 33.6 Å². The van der Waals surface area contributed by atoms with Gasteiger partial charge in [0.2, 0.25) is 0 Å². The van der Waals surface area contributed by atoms with Gasteiger partial charge in [-0.1, -0.05) is 17.3 Å². The molecule has 0 saturated heterocycles. The molecular weight excluding hydrogens is 214 g/mol. The van der Waals surface area contributed by atoms with Crippen molar-refractivity contribution in [3.05, 3.63) is 35.3 Å². The number of hydrogen-bond acceptors (Lipinski definition) is 3. The lowest BCUT2D eigenvalue weighted by Crippen LogP contribution is -1.82. The Morgan fingerprint density at radius 2 is 1.94 bits per heavy atom. The molecule has 0 aliphatic rings. The fourth-order valence-electron chi connectivity index (χ4n) is 2.21. The number of H-pyrrole nitrogens is 1. The second kappa shape index (κ2) is 3.45. The van der Waals surface area contributed by atoms with Crippen LogP contribution in [0.5, 0.6) is 0 Å². The van der Waals surface area contributed by atoms with Crippen molar-refractivity contribution in [2.75, 3.05) is 0 Å². The second-order valence-electron chi connectivity index (χ2n) is 4.27. The third-order valence-electron chi connectivity index (χ3n) is 3.08. The van der Waals surface area contributed by atoms with Crippen molar-refractivity contribution >= 4 is 10.9 Å². The number of aromatic amines is 1. The maximum absolute atomic E-state index is 5.19. The smallest absolute Gasteiger partial charge is 0.141 e. The number of fused-ring (bicyclic) bond motifs is 1. The second-order valence-corrected chi connectivity index (χ2v) is 4.27. The molecular formula is C13H13N3O. The molecule has 3 aromatic rings. The largest absolute Gasteiger partial charge is 0.361 e. The molecule has 17 heavy (non-hydrogen) atoms. The summed E-state index contributed by atoms with van der Waals surface area (Å²) in [5, 5.41) is 12.4. The monoisotopic (exact) mass is 227 g/mol. The molecule has 0 amide bonds. The Morgan fingerprint density at radius 1 is 1.12 bits per heavy atom. The zero-order valence-corrected chi connectivity index (χ0v) is 10.0. The van der Waals surface area contributed by atoms with Gasteiger partial charge >= 0.3 is 0 Å². The van der Waals surface area contributed by atoms with E-state index in [1.165, 1.54) is 0 Å². The lowest BCUT2D eigenvalue weighted by atomic mass is 10.0. The molecule has 0 bridgehead atoms. The van der Waals surface area contributed by atoms with Crippen LogP contribution in [0.1, 0.15) is 17.1 Å². The molecule has 0 aliphatic heterocycles. The lowest BCUT2D eigenvalue weighted by molar-refractivity contribution is 0.393. The van der Waals surface area contributed by atoms with Crippen molar-refractivity contribution in [3.63, 3.8) is 0 Å². The topological polar surface area (TPSA) is 54.7 Å². The SMILES string of the molecule is Cc1noc(C)c1-c1ccc2c(C)n[nH]c2c1. The van der Waals surface area contributed by atoms with E-state index in [1.54, 1.807) is 0 Å². The van der Waals surface area contributed by atoms with E-state index < -0.39 is 0 Å². The summed E-state index contributed by atoms with van der Waals surface area (Å²) in [4.78, 5) is 0. The fourth-order valence-corrected chi connectivity index (χ4v) is 2.21. The summed E-state index contributed by atoms with van der Waals surface area (Å²) in [5.41, 5.74) is 5.15. The number of rotatable bonds is 1. The summed E-state index contributed by atoms with van der Waals surface area (Å²) < 4.78 is 5.19. The average molecular weight is 227 g/mol. The van der Waals surface area contributed by atoms with Crippen LogP contribution < -0.4 is 0 Å². The predicted octanol–water partition coefficient (Wildman–Crippen LogP) is 3.14. The maximum atomic E-state index is 5.19. The van der Waals surface area contributed by atoms with E-state index in [1.807, 2.05) is 20.8 Å². The molecule has 1 aromatic carbocycles. The van der Waals surface area contributed by atoms with Crippen LogP contribution in [0.2, 0.25) is 0 Å². The molecule has 0 aliphatic carbocycles. The van der Waals surface area contributed by atoms with Crippen molar-refractivity contribution in [1.29, 1.82) is 0 Å². The Bertz CT molecular complexity index is 674. The Labute approximate surface area is 98.6 Å². The van der Waals surface area contributed by atoms with E-state index in [9.17, 15) is 0 Å². The van der Waals surface area contributed by atoms with Crippen LogP contribution in [-0.4, -0.2) is 15.4 Å². The highest BCUT2D eigenvalue weighted by Gasteiger charge is 2.12. The van der Waals surface area contributed by atoms with Crippen LogP contribution in [0.25, 0.3) is 22.0 Å². The summed E-state index contributed by atoms with van der Waals surface area (Å²) in [6.45, 7) is 5.88. The van der Waals surface area contributed by atoms with Crippen molar-refractivity contribution in [3.8, 4) is 11.1 Å². The highest BCUT2D eigenvalue weighted by atomic mass is 16.5. The van der Waals surface area contributed by atoms with Crippen molar-refractivity contribution in [1.82, 2.24) is 15.4 Å². The van der Waals surface area contributed by atoms with Gasteiger partial charge in [-0.2, -0.15) is 5.10 Å². The van der Waals surface area contributed by atoms with Crippen LogP contribution in [-0.2, 0) is 0 Å². The first-order chi connectivity index (χ1) is 8.16. The minimum Gasteiger partial charge on any atom is -0.361 e. The summed E-state index contributed by atoms with van der Waals surface area (Å²) in [6.07, 6.45) is 0. The zero-order chi connectivity index (χ0) is 12.0. The van der Waals surface area contributed by atoms with Gasteiger partial charge in [0.25, 0.3) is 0 Å². The summed E-state index contributed by atoms with van der Waals surface area (Å²) >= 11 is 0. The highest BCUT2D eigenvalue weighted by molar-refractivity contribution is 5.86. The van der Waals surface area contributed by atoms with Gasteiger partial charge in [0.15, 0.2) is 0 Å². The Balaban J connectivity index is 2.25. The number of benzene rings is 1. The molecule has 4 nitrogen and oxygen atoms in total. The van der Waals surface area contributed by atoms with E-state index >= 15 is 0 Å². The van der Waals surface area contributed by atoms with E-state index in [0.717, 1.165) is 39.2 Å². The molecule has 0 fully saturated rings. The number of aromatic nitrogens is 3. The Kier molecular flexibility index (Phi) is 2.04. The van der Waals surface area contributed by atoms with Crippen molar-refractivity contribution < 1.29 is 4.52 Å². The summed E-state index contributed by atoms with van der Waals surface area (Å²) in [7, 11) is 0. The van der Waals surface area contributed by atoms with Gasteiger partial charge in [0, 0.05) is 10.9 Å². The maximum Gasteiger partial charge on any atom is 0.141 e. The van der Waals surface area contributed by atoms with Crippen LogP contribution in [0.3, 0.4) is 0 Å². The van der Waals surface area contributed by atoms with Gasteiger partial charge in [-0.3, -0.25) is 5.10 Å². The first-order valence-electron chi connectivity index (χ1n) is 5.55. The van der Waals surface area contributed by atoms with Gasteiger partial charge in [-0.05, 0) is 32.4 Å². The molecule has 0 spiro atoms. The third kappa shape index (κ3) is 1.45. The number of aryl methyl sites for hydroxylation is 3. The number of nitrogens with one attached hydrogen (secondary N) is 1. The van der Waals surface area contributed by atoms with E-state index in [-0.39, 0.29) is 0 Å². The molecule has 86 valence electrons. The van der Waals surface area contributed by atoms with E-state index in [4.69, 9.17) is 4.52 Å². The molecule has 4 heteroatoms. The third-order valence-corrected chi connectivity index (χ3v) is 3.08. The molecule has 2 heterocycles. The van der Waals surface area contributed by atoms with Gasteiger partial charge in [-0.15, -0.1) is 0 Å². The van der Waals surface area contributed by atoms with Crippen LogP contribution in [0.15, 0.2) is 22.7 Å². The summed E-state index contributed by atoms with van der Waals surface area (Å²) in [5.74, 6) is 0.845. The first kappa shape index (κ1) is 10.1. The Hall–Kier alpha value is -2.10. The number of hydrogen-bond donors (Lipinski definition) is 1. The minimum atomic E-state index is 0.845. The van der Waals surface area contributed by atoms with Crippen LogP contribution >= 0.6 is 0 Å². The molecule has 3 rings (SSSR count). The van der Waals surface area contributed by atoms with Gasteiger partial charge in [0.05, 0.1) is 16.9 Å². The molecule has 2 aromatic heterocycles. The van der Waals surface area contributed by atoms with Crippen molar-refractivity contribution in [2.24, 2.45) is 0 Å². The predicted molar refractivity (Wildman–Crippen MR) is 65.8 cm³/mol. The van der Waals surface area contributed by atoms with Crippen LogP contribution in [0.4, 0.5) is 0 Å². The number of nitrogens with zero attached hydrogens (tertiary/aromatic N) is 2. The standard InChI is InChI=1S/C13H13N3O/c1-7-11-5-4-10(6-12(11)15-14-7)13-8(2)16-17-9(13)3/h4-6H,1-3H3,(H,14,15). The van der Waals surface area contributed by atoms with Gasteiger partial charge < -0.3 is 4.52 Å². The summed E-state index contributed by atoms with van der Waals surface area (Å²) in [6, 6.07) is 6.24. The molecule has 0 unspecified atom stereocenters. The zero-order valence-electron chi connectivity index (χ0n) is 10.0. The molecule has 0 saturated carbocycles. The highest BCUT2D eigenvalue weighted by Crippen LogP contribution is 2.29. The molecule has 0 atom stereocenters. The fraction of sp³-hybridized carbons (Fsp3) is 0.231. The normalized spacial score (nSPS) is 11.2. The minimum absolute atomic E-state index is 0.845. The van der Waals surface area contributed by atoms with Gasteiger partial charge in [0.1, 0.15) is 5.76 Å². The van der Waals surface area contributed by atoms with Crippen molar-refractivity contribution in [2.45, 2.75) is 20.8 Å². The van der Waals surface area contributed by atoms with Crippen LogP contribution in [0, 0.1) is 20.8 Å². The van der Waals surface area contributed by atoms with E-state index in [0.29, 0.717) is 0 Å². The van der Waals surface area contributed by atoms with Gasteiger partial charge in [-0.25, -0.2) is 0 Å².